The largest absolute Gasteiger partial charge is 0.331 e. The number of aryl methyl sites for hydroxylation is 1. The van der Waals surface area contributed by atoms with E-state index >= 15 is 0 Å². The Bertz CT molecular complexity index is 741. The number of allylic oxidation sites excluding steroid dienone is 3. The molecule has 0 aliphatic rings. The third-order valence-electron chi connectivity index (χ3n) is 2.72. The zero-order chi connectivity index (χ0) is 17.4. The fourth-order valence-corrected chi connectivity index (χ4v) is 2.08. The van der Waals surface area contributed by atoms with E-state index in [4.69, 9.17) is 11.3 Å². The molecule has 0 aromatic carbocycles. The highest BCUT2D eigenvalue weighted by molar-refractivity contribution is 8.02. The van der Waals surface area contributed by atoms with Crippen molar-refractivity contribution in [3.05, 3.63) is 47.2 Å². The molecule has 0 radical (unpaired) electrons. The standard InChI is InChI=1S/C15H21N7S/c1-6-13(23-19-7-2)21-15-14(16)22(9-11(4)20-15)12(5)10(3)8-18-17/h6-9,16H,3,5,17H2,1-2,4H3,(H,20,21)/b13-6-,16-14?,18-8-,19-7+. The first-order valence-electron chi connectivity index (χ1n) is 6.79. The number of hydrogen-bond acceptors (Lipinski definition) is 7. The van der Waals surface area contributed by atoms with Gasteiger partial charge in [0.1, 0.15) is 0 Å². The van der Waals surface area contributed by atoms with Gasteiger partial charge in [-0.1, -0.05) is 19.2 Å². The summed E-state index contributed by atoms with van der Waals surface area (Å²) in [4.78, 5) is 4.36. The molecule has 0 saturated carbocycles. The summed E-state index contributed by atoms with van der Waals surface area (Å²) in [6, 6.07) is 0. The van der Waals surface area contributed by atoms with Gasteiger partial charge in [-0.15, -0.1) is 0 Å². The third-order valence-corrected chi connectivity index (χ3v) is 3.57. The topological polar surface area (TPSA) is 104 Å². The van der Waals surface area contributed by atoms with Crippen LogP contribution in [0.4, 0.5) is 5.82 Å². The minimum atomic E-state index is 0.146. The zero-order valence-electron chi connectivity index (χ0n) is 13.5. The van der Waals surface area contributed by atoms with E-state index in [1.165, 1.54) is 18.2 Å². The number of rotatable bonds is 7. The first kappa shape index (κ1) is 18.4. The molecular weight excluding hydrogens is 310 g/mol. The molecule has 4 N–H and O–H groups in total. The van der Waals surface area contributed by atoms with Crippen molar-refractivity contribution in [3.63, 3.8) is 0 Å². The lowest BCUT2D eigenvalue weighted by Gasteiger charge is -2.14. The van der Waals surface area contributed by atoms with E-state index < -0.39 is 0 Å². The highest BCUT2D eigenvalue weighted by atomic mass is 32.2. The molecule has 0 saturated heterocycles. The molecule has 1 aromatic heterocycles. The molecule has 7 nitrogen and oxygen atoms in total. The summed E-state index contributed by atoms with van der Waals surface area (Å²) in [5.41, 5.74) is 1.88. The second kappa shape index (κ2) is 8.74. The summed E-state index contributed by atoms with van der Waals surface area (Å²) in [6.45, 7) is 13.3. The van der Waals surface area contributed by atoms with Crippen LogP contribution >= 0.6 is 11.9 Å². The molecule has 0 atom stereocenters. The lowest BCUT2D eigenvalue weighted by Crippen LogP contribution is -2.25. The predicted octanol–water partition coefficient (Wildman–Crippen LogP) is 2.65. The van der Waals surface area contributed by atoms with Crippen molar-refractivity contribution in [3.8, 4) is 0 Å². The van der Waals surface area contributed by atoms with Crippen LogP contribution in [-0.2, 0) is 0 Å². The maximum absolute atomic E-state index is 8.33. The van der Waals surface area contributed by atoms with Gasteiger partial charge in [0.05, 0.1) is 16.9 Å². The Morgan fingerprint density at radius 1 is 1.48 bits per heavy atom. The van der Waals surface area contributed by atoms with E-state index in [0.717, 1.165) is 10.7 Å². The average molecular weight is 331 g/mol. The Labute approximate surface area is 140 Å². The molecule has 0 spiro atoms. The monoisotopic (exact) mass is 331 g/mol. The van der Waals surface area contributed by atoms with Gasteiger partial charge >= 0.3 is 0 Å². The maximum Gasteiger partial charge on any atom is 0.174 e. The van der Waals surface area contributed by atoms with Crippen LogP contribution in [0.1, 0.15) is 19.5 Å². The Hall–Kier alpha value is -2.61. The minimum Gasteiger partial charge on any atom is -0.331 e. The van der Waals surface area contributed by atoms with Crippen molar-refractivity contribution in [2.75, 3.05) is 5.32 Å². The first-order chi connectivity index (χ1) is 10.9. The molecule has 1 heterocycles. The molecular formula is C15H21N7S. The summed E-state index contributed by atoms with van der Waals surface area (Å²) < 4.78 is 5.68. The summed E-state index contributed by atoms with van der Waals surface area (Å²) in [5, 5.41) is 15.6. The normalized spacial score (nSPS) is 12.0. The van der Waals surface area contributed by atoms with Crippen LogP contribution in [0.25, 0.3) is 5.70 Å². The number of anilines is 1. The predicted molar refractivity (Wildman–Crippen MR) is 99.1 cm³/mol. The van der Waals surface area contributed by atoms with E-state index in [0.29, 0.717) is 17.1 Å². The van der Waals surface area contributed by atoms with Crippen molar-refractivity contribution < 1.29 is 0 Å². The van der Waals surface area contributed by atoms with Crippen LogP contribution < -0.4 is 16.6 Å². The van der Waals surface area contributed by atoms with Crippen molar-refractivity contribution >= 4 is 35.9 Å². The lowest BCUT2D eigenvalue weighted by molar-refractivity contribution is 0.904. The molecule has 8 heteroatoms. The Morgan fingerprint density at radius 3 is 2.74 bits per heavy atom. The smallest absolute Gasteiger partial charge is 0.174 e. The van der Waals surface area contributed by atoms with E-state index in [1.54, 1.807) is 17.0 Å². The number of nitrogens with one attached hydrogen (secondary N) is 2. The molecule has 0 aliphatic heterocycles. The fraction of sp³-hybridized carbons (Fsp3) is 0.200. The van der Waals surface area contributed by atoms with E-state index in [-0.39, 0.29) is 5.49 Å². The minimum absolute atomic E-state index is 0.146. The van der Waals surface area contributed by atoms with Crippen LogP contribution in [0.2, 0.25) is 0 Å². The Balaban J connectivity index is 3.24. The average Bonchev–Trinajstić information content (AvgIpc) is 2.53. The van der Waals surface area contributed by atoms with Crippen molar-refractivity contribution in [1.29, 1.82) is 5.41 Å². The molecule has 0 aliphatic carbocycles. The Morgan fingerprint density at radius 2 is 2.17 bits per heavy atom. The molecule has 0 unspecified atom stereocenters. The second-order valence-electron chi connectivity index (χ2n) is 4.43. The summed E-state index contributed by atoms with van der Waals surface area (Å²) in [7, 11) is 0. The van der Waals surface area contributed by atoms with Crippen molar-refractivity contribution in [2.45, 2.75) is 20.8 Å². The number of nitrogens with two attached hydrogens (primary N) is 1. The summed E-state index contributed by atoms with van der Waals surface area (Å²) >= 11 is 1.27. The van der Waals surface area contributed by atoms with Gasteiger partial charge in [-0.2, -0.15) is 5.10 Å². The van der Waals surface area contributed by atoms with Crippen molar-refractivity contribution in [1.82, 2.24) is 9.55 Å². The fourth-order valence-electron chi connectivity index (χ4n) is 1.62. The van der Waals surface area contributed by atoms with Crippen LogP contribution in [0, 0.1) is 12.3 Å². The second-order valence-corrected chi connectivity index (χ2v) is 5.27. The zero-order valence-corrected chi connectivity index (χ0v) is 14.3. The highest BCUT2D eigenvalue weighted by Gasteiger charge is 2.09. The molecule has 1 aromatic rings. The van der Waals surface area contributed by atoms with Crippen LogP contribution in [0.5, 0.6) is 0 Å². The van der Waals surface area contributed by atoms with E-state index in [9.17, 15) is 0 Å². The number of hydrogen-bond donors (Lipinski definition) is 3. The van der Waals surface area contributed by atoms with Gasteiger partial charge in [0, 0.05) is 35.6 Å². The molecule has 0 bridgehead atoms. The van der Waals surface area contributed by atoms with Gasteiger partial charge < -0.3 is 11.2 Å². The summed E-state index contributed by atoms with van der Waals surface area (Å²) in [5.74, 6) is 5.54. The quantitative estimate of drug-likeness (QED) is 0.235. The Kier molecular flexibility index (Phi) is 7.01. The van der Waals surface area contributed by atoms with Crippen molar-refractivity contribution in [2.24, 2.45) is 15.3 Å². The number of aromatic nitrogens is 2. The highest BCUT2D eigenvalue weighted by Crippen LogP contribution is 2.18. The van der Waals surface area contributed by atoms with Gasteiger partial charge in [0.2, 0.25) is 0 Å². The summed E-state index contributed by atoms with van der Waals surface area (Å²) in [6.07, 6.45) is 6.65. The van der Waals surface area contributed by atoms with E-state index in [2.05, 4.69) is 33.0 Å². The molecule has 23 heavy (non-hydrogen) atoms. The van der Waals surface area contributed by atoms with Gasteiger partial charge in [-0.3, -0.25) is 9.98 Å². The van der Waals surface area contributed by atoms with Gasteiger partial charge in [0.25, 0.3) is 0 Å². The van der Waals surface area contributed by atoms with Gasteiger partial charge in [-0.25, -0.2) is 9.38 Å². The van der Waals surface area contributed by atoms with Gasteiger partial charge in [0.15, 0.2) is 11.3 Å². The van der Waals surface area contributed by atoms with Crippen LogP contribution in [0.15, 0.2) is 45.5 Å². The molecule has 1 rings (SSSR count). The van der Waals surface area contributed by atoms with Crippen LogP contribution in [0.3, 0.4) is 0 Å². The first-order valence-corrected chi connectivity index (χ1v) is 7.57. The SMILES string of the molecule is C=C(/C=N\N)C(=C)n1cc(C)nc(N/C(=C/C)S/N=C/C)c1=N. The maximum atomic E-state index is 8.33. The lowest BCUT2D eigenvalue weighted by atomic mass is 10.2. The molecule has 0 amide bonds. The third kappa shape index (κ3) is 4.96. The molecule has 0 fully saturated rings. The number of nitrogens with zero attached hydrogens (tertiary/aromatic N) is 4. The van der Waals surface area contributed by atoms with Gasteiger partial charge in [-0.05, 0) is 20.8 Å². The number of hydrazone groups is 1. The molecule has 122 valence electrons. The van der Waals surface area contributed by atoms with E-state index in [1.807, 2.05) is 26.8 Å². The van der Waals surface area contributed by atoms with Crippen LogP contribution in [-0.4, -0.2) is 22.0 Å².